The first kappa shape index (κ1) is 29.3. The Morgan fingerprint density at radius 1 is 1.00 bits per heavy atom. The van der Waals surface area contributed by atoms with Crippen LogP contribution in [0, 0.1) is 0 Å². The van der Waals surface area contributed by atoms with Gasteiger partial charge in [-0.25, -0.2) is 14.8 Å². The van der Waals surface area contributed by atoms with E-state index in [-0.39, 0.29) is 5.91 Å². The van der Waals surface area contributed by atoms with Gasteiger partial charge < -0.3 is 19.6 Å². The molecule has 1 unspecified atom stereocenters. The summed E-state index contributed by atoms with van der Waals surface area (Å²) in [7, 11) is 0. The number of fused-ring (bicyclic) bond motifs is 1. The van der Waals surface area contributed by atoms with Gasteiger partial charge in [-0.3, -0.25) is 4.79 Å². The molecule has 4 rings (SSSR count). The highest BCUT2D eigenvalue weighted by Gasteiger charge is 2.27. The summed E-state index contributed by atoms with van der Waals surface area (Å²) in [6, 6.07) is 11.5. The van der Waals surface area contributed by atoms with Crippen molar-refractivity contribution < 1.29 is 14.3 Å². The summed E-state index contributed by atoms with van der Waals surface area (Å²) in [5, 5.41) is 3.17. The van der Waals surface area contributed by atoms with Crippen molar-refractivity contribution in [3.63, 3.8) is 0 Å². The molecule has 0 fully saturated rings. The Morgan fingerprint density at radius 3 is 2.42 bits per heavy atom. The van der Waals surface area contributed by atoms with Crippen LogP contribution < -0.4 is 5.32 Å². The van der Waals surface area contributed by atoms with Gasteiger partial charge in [0.05, 0.1) is 40.2 Å². The average molecular weight is 564 g/mol. The van der Waals surface area contributed by atoms with Gasteiger partial charge in [0, 0.05) is 12.4 Å². The van der Waals surface area contributed by atoms with Crippen LogP contribution in [0.4, 0.5) is 5.69 Å². The highest BCUT2D eigenvalue weighted by atomic mass is 35.5. The molecule has 0 radical (unpaired) electrons. The molecule has 0 spiro atoms. The number of ether oxygens (including phenoxy) is 1. The van der Waals surface area contributed by atoms with Crippen LogP contribution >= 0.6 is 11.6 Å². The van der Waals surface area contributed by atoms with Crippen LogP contribution in [-0.4, -0.2) is 38.0 Å². The summed E-state index contributed by atoms with van der Waals surface area (Å²) in [6.07, 6.45) is 17.0. The molecule has 1 atom stereocenters. The second kappa shape index (κ2) is 15.2. The predicted octanol–water partition coefficient (Wildman–Crippen LogP) is 7.72. The van der Waals surface area contributed by atoms with Crippen LogP contribution in [0.15, 0.2) is 61.2 Å². The Kier molecular flexibility index (Phi) is 11.2. The number of aromatic nitrogens is 4. The molecule has 2 N–H and O–H groups in total. The number of esters is 1. The summed E-state index contributed by atoms with van der Waals surface area (Å²) >= 11 is 6.40. The molecule has 8 nitrogen and oxygen atoms in total. The number of hydrogen-bond donors (Lipinski definition) is 2. The van der Waals surface area contributed by atoms with E-state index in [0.717, 1.165) is 30.3 Å². The molecule has 2 aromatic heterocycles. The topological polar surface area (TPSA) is 102 Å². The fourth-order valence-electron chi connectivity index (χ4n) is 4.71. The Bertz CT molecular complexity index is 1340. The number of amides is 1. The first-order valence-electron chi connectivity index (χ1n) is 14.3. The number of nitrogens with zero attached hydrogens (tertiary/aromatic N) is 3. The van der Waals surface area contributed by atoms with Gasteiger partial charge in [-0.2, -0.15) is 0 Å². The molecule has 2 heterocycles. The second-order valence-corrected chi connectivity index (χ2v) is 10.5. The van der Waals surface area contributed by atoms with Crippen molar-refractivity contribution >= 4 is 40.2 Å². The maximum absolute atomic E-state index is 13.5. The van der Waals surface area contributed by atoms with Gasteiger partial charge in [0.15, 0.2) is 6.04 Å². The molecule has 0 aliphatic rings. The fourth-order valence-corrected chi connectivity index (χ4v) is 4.88. The van der Waals surface area contributed by atoms with Crippen LogP contribution in [0.1, 0.15) is 93.4 Å². The number of rotatable bonds is 16. The van der Waals surface area contributed by atoms with Gasteiger partial charge in [-0.15, -0.1) is 0 Å². The monoisotopic (exact) mass is 563 g/mol. The third-order valence-corrected chi connectivity index (χ3v) is 7.26. The molecule has 0 aliphatic heterocycles. The highest BCUT2D eigenvalue weighted by molar-refractivity contribution is 6.34. The van der Waals surface area contributed by atoms with E-state index in [4.69, 9.17) is 16.3 Å². The molecular weight excluding hydrogens is 526 g/mol. The largest absolute Gasteiger partial charge is 0.462 e. The number of imidazole rings is 2. The van der Waals surface area contributed by atoms with Crippen molar-refractivity contribution in [3.8, 4) is 0 Å². The van der Waals surface area contributed by atoms with Gasteiger partial charge in [-0.05, 0) is 36.8 Å². The van der Waals surface area contributed by atoms with Crippen molar-refractivity contribution in [1.29, 1.82) is 0 Å². The summed E-state index contributed by atoms with van der Waals surface area (Å²) in [5.41, 5.74) is 2.22. The Labute approximate surface area is 240 Å². The molecule has 212 valence electrons. The minimum absolute atomic E-state index is 0.314. The molecule has 40 heavy (non-hydrogen) atoms. The number of nitrogens with one attached hydrogen (secondary N) is 2. The van der Waals surface area contributed by atoms with Gasteiger partial charge in [0.25, 0.3) is 5.91 Å². The minimum atomic E-state index is -0.821. The zero-order valence-electron chi connectivity index (χ0n) is 23.1. The van der Waals surface area contributed by atoms with Gasteiger partial charge in [0.1, 0.15) is 5.82 Å². The first-order chi connectivity index (χ1) is 19.6. The van der Waals surface area contributed by atoms with Crippen molar-refractivity contribution in [2.45, 2.75) is 77.2 Å². The molecule has 0 bridgehead atoms. The van der Waals surface area contributed by atoms with E-state index in [2.05, 4.69) is 27.2 Å². The SMILES string of the molecule is CCCCCCCCCCCCOC(=O)c1ccc(Cl)c(NC(=O)C(c2nc3ccccc3[nH]2)n2ccnc2)c1. The van der Waals surface area contributed by atoms with Crippen molar-refractivity contribution in [3.05, 3.63) is 77.6 Å². The maximum atomic E-state index is 13.5. The number of para-hydroxylation sites is 2. The highest BCUT2D eigenvalue weighted by Crippen LogP contribution is 2.27. The lowest BCUT2D eigenvalue weighted by atomic mass is 10.1. The van der Waals surface area contributed by atoms with E-state index < -0.39 is 12.0 Å². The van der Waals surface area contributed by atoms with Crippen LogP contribution in [0.25, 0.3) is 11.0 Å². The maximum Gasteiger partial charge on any atom is 0.338 e. The standard InChI is InChI=1S/C31H38ClN5O3/c1-2-3-4-5-6-7-8-9-10-13-20-40-31(39)23-16-17-24(32)27(21-23)36-30(38)28(37-19-18-33-22-37)29-34-25-14-11-12-15-26(25)35-29/h11-12,14-19,21-22,28H,2-10,13,20H2,1H3,(H,34,35)(H,36,38). The molecule has 9 heteroatoms. The lowest BCUT2D eigenvalue weighted by Crippen LogP contribution is -2.27. The zero-order chi connectivity index (χ0) is 28.2. The molecule has 2 aromatic carbocycles. The van der Waals surface area contributed by atoms with Crippen LogP contribution in [-0.2, 0) is 9.53 Å². The third-order valence-electron chi connectivity index (χ3n) is 6.93. The molecule has 1 amide bonds. The first-order valence-corrected chi connectivity index (χ1v) is 14.6. The normalized spacial score (nSPS) is 11.9. The zero-order valence-corrected chi connectivity index (χ0v) is 23.8. The average Bonchev–Trinajstić information content (AvgIpc) is 3.63. The van der Waals surface area contributed by atoms with E-state index in [1.165, 1.54) is 44.9 Å². The van der Waals surface area contributed by atoms with Crippen LogP contribution in [0.2, 0.25) is 5.02 Å². The quantitative estimate of drug-likeness (QED) is 0.107. The number of carbonyl (C=O) groups is 2. The van der Waals surface area contributed by atoms with E-state index in [0.29, 0.717) is 28.7 Å². The van der Waals surface area contributed by atoms with Gasteiger partial charge in [0.2, 0.25) is 0 Å². The van der Waals surface area contributed by atoms with Crippen molar-refractivity contribution in [2.75, 3.05) is 11.9 Å². The number of carbonyl (C=O) groups excluding carboxylic acids is 2. The summed E-state index contributed by atoms with van der Waals surface area (Å²) in [4.78, 5) is 38.1. The lowest BCUT2D eigenvalue weighted by molar-refractivity contribution is -0.118. The fraction of sp³-hybridized carbons (Fsp3) is 0.419. The van der Waals surface area contributed by atoms with E-state index >= 15 is 0 Å². The molecule has 0 saturated carbocycles. The number of benzene rings is 2. The number of halogens is 1. The molecule has 0 saturated heterocycles. The minimum Gasteiger partial charge on any atom is -0.462 e. The van der Waals surface area contributed by atoms with Crippen molar-refractivity contribution in [2.24, 2.45) is 0 Å². The number of aromatic amines is 1. The van der Waals surface area contributed by atoms with E-state index in [1.54, 1.807) is 41.5 Å². The van der Waals surface area contributed by atoms with E-state index in [1.807, 2.05) is 24.3 Å². The number of hydrogen-bond acceptors (Lipinski definition) is 5. The Balaban J connectivity index is 1.31. The summed E-state index contributed by atoms with van der Waals surface area (Å²) < 4.78 is 7.15. The third kappa shape index (κ3) is 8.18. The van der Waals surface area contributed by atoms with Gasteiger partial charge >= 0.3 is 5.97 Å². The number of anilines is 1. The Morgan fingerprint density at radius 2 is 1.73 bits per heavy atom. The smallest absolute Gasteiger partial charge is 0.338 e. The van der Waals surface area contributed by atoms with Gasteiger partial charge in [-0.1, -0.05) is 88.4 Å². The predicted molar refractivity (Wildman–Crippen MR) is 159 cm³/mol. The Hall–Kier alpha value is -3.65. The van der Waals surface area contributed by atoms with Crippen LogP contribution in [0.3, 0.4) is 0 Å². The summed E-state index contributed by atoms with van der Waals surface area (Å²) in [6.45, 7) is 2.61. The van der Waals surface area contributed by atoms with Crippen molar-refractivity contribution in [1.82, 2.24) is 19.5 Å². The molecule has 4 aromatic rings. The number of unbranched alkanes of at least 4 members (excludes halogenated alkanes) is 9. The van der Waals surface area contributed by atoms with E-state index in [9.17, 15) is 9.59 Å². The second-order valence-electron chi connectivity index (χ2n) is 10.1. The van der Waals surface area contributed by atoms with Crippen LogP contribution in [0.5, 0.6) is 0 Å². The molecule has 0 aliphatic carbocycles. The lowest BCUT2D eigenvalue weighted by Gasteiger charge is -2.17. The number of H-pyrrole nitrogens is 1. The molecular formula is C31H38ClN5O3. The summed E-state index contributed by atoms with van der Waals surface area (Å²) in [5.74, 6) is -0.360.